The fourth-order valence-corrected chi connectivity index (χ4v) is 3.68. The maximum Gasteiger partial charge on any atom is 0.252 e. The zero-order valence-corrected chi connectivity index (χ0v) is 19.4. The molecule has 1 fully saturated rings. The van der Waals surface area contributed by atoms with E-state index in [-0.39, 0.29) is 30.1 Å². The number of carbonyl (C=O) groups excluding carboxylic acids is 3. The lowest BCUT2D eigenvalue weighted by molar-refractivity contribution is -0.133. The smallest absolute Gasteiger partial charge is 0.252 e. The van der Waals surface area contributed by atoms with Gasteiger partial charge in [-0.25, -0.2) is 8.78 Å². The topological polar surface area (TPSA) is 128 Å². The third-order valence-corrected chi connectivity index (χ3v) is 5.71. The molecule has 0 unspecified atom stereocenters. The maximum absolute atomic E-state index is 14.2. The Morgan fingerprint density at radius 2 is 1.77 bits per heavy atom. The normalized spacial score (nSPS) is 18.6. The molecule has 3 atom stereocenters. The molecular formula is C25H28F2N2O6. The molecule has 0 bridgehead atoms. The monoisotopic (exact) mass is 490 g/mol. The lowest BCUT2D eigenvalue weighted by Crippen LogP contribution is -2.55. The van der Waals surface area contributed by atoms with Gasteiger partial charge in [-0.1, -0.05) is 26.0 Å². The van der Waals surface area contributed by atoms with Crippen molar-refractivity contribution in [3.63, 3.8) is 0 Å². The second-order valence-corrected chi connectivity index (χ2v) is 8.91. The molecule has 10 heteroatoms. The van der Waals surface area contributed by atoms with Crippen molar-refractivity contribution in [2.75, 3.05) is 19.8 Å². The van der Waals surface area contributed by atoms with E-state index in [1.807, 2.05) is 13.8 Å². The maximum atomic E-state index is 14.2. The van der Waals surface area contributed by atoms with Crippen LogP contribution in [-0.4, -0.2) is 65.3 Å². The van der Waals surface area contributed by atoms with Gasteiger partial charge in [-0.2, -0.15) is 0 Å². The number of benzene rings is 2. The minimum absolute atomic E-state index is 0.0236. The molecule has 4 N–H and O–H groups in total. The Bertz CT molecular complexity index is 1100. The van der Waals surface area contributed by atoms with Crippen LogP contribution in [-0.2, 0) is 14.3 Å². The fraction of sp³-hybridized carbons (Fsp3) is 0.400. The van der Waals surface area contributed by atoms with Crippen molar-refractivity contribution in [3.8, 4) is 11.1 Å². The quantitative estimate of drug-likeness (QED) is 0.354. The number of hydrogen-bond acceptors (Lipinski definition) is 6. The first-order valence-electron chi connectivity index (χ1n) is 11.2. The molecule has 2 aromatic rings. The fourth-order valence-electron chi connectivity index (χ4n) is 3.68. The van der Waals surface area contributed by atoms with Crippen LogP contribution in [0.1, 0.15) is 30.6 Å². The Labute approximate surface area is 201 Å². The van der Waals surface area contributed by atoms with Gasteiger partial charge < -0.3 is 25.6 Å². The molecule has 8 nitrogen and oxygen atoms in total. The number of ether oxygens (including phenoxy) is 1. The van der Waals surface area contributed by atoms with Crippen molar-refractivity contribution >= 4 is 17.6 Å². The molecule has 1 saturated heterocycles. The lowest BCUT2D eigenvalue weighted by atomic mass is 9.92. The Morgan fingerprint density at radius 1 is 1.06 bits per heavy atom. The summed E-state index contributed by atoms with van der Waals surface area (Å²) in [6.45, 7) is 2.51. The van der Waals surface area contributed by atoms with E-state index in [4.69, 9.17) is 4.74 Å². The molecule has 188 valence electrons. The van der Waals surface area contributed by atoms with Gasteiger partial charge in [0, 0.05) is 17.2 Å². The van der Waals surface area contributed by atoms with E-state index >= 15 is 0 Å². The average Bonchev–Trinajstić information content (AvgIpc) is 3.62. The van der Waals surface area contributed by atoms with Crippen LogP contribution in [0.3, 0.4) is 0 Å². The summed E-state index contributed by atoms with van der Waals surface area (Å²) in [6, 6.07) is 6.59. The largest absolute Gasteiger partial charge is 0.394 e. The minimum Gasteiger partial charge on any atom is -0.394 e. The van der Waals surface area contributed by atoms with Gasteiger partial charge >= 0.3 is 0 Å². The number of ketones is 1. The van der Waals surface area contributed by atoms with Gasteiger partial charge in [-0.3, -0.25) is 14.4 Å². The molecule has 2 amide bonds. The predicted molar refractivity (Wildman–Crippen MR) is 122 cm³/mol. The number of amides is 2. The summed E-state index contributed by atoms with van der Waals surface area (Å²) in [7, 11) is 0. The van der Waals surface area contributed by atoms with Crippen LogP contribution in [0.25, 0.3) is 11.1 Å². The highest BCUT2D eigenvalue weighted by molar-refractivity contribution is 6.00. The summed E-state index contributed by atoms with van der Waals surface area (Å²) >= 11 is 0. The summed E-state index contributed by atoms with van der Waals surface area (Å²) in [4.78, 5) is 38.4. The zero-order valence-electron chi connectivity index (χ0n) is 19.4. The summed E-state index contributed by atoms with van der Waals surface area (Å²) in [6.07, 6.45) is 0.271. The van der Waals surface area contributed by atoms with Crippen molar-refractivity contribution in [1.82, 2.24) is 10.6 Å². The number of aliphatic hydroxyl groups excluding tert-OH is 2. The second-order valence-electron chi connectivity index (χ2n) is 8.91. The molecule has 1 aliphatic heterocycles. The van der Waals surface area contributed by atoms with Gasteiger partial charge in [0.2, 0.25) is 5.91 Å². The van der Waals surface area contributed by atoms with Crippen LogP contribution in [0, 0.1) is 17.6 Å². The molecule has 2 aromatic carbocycles. The van der Waals surface area contributed by atoms with Gasteiger partial charge in [0.1, 0.15) is 17.7 Å². The van der Waals surface area contributed by atoms with Crippen molar-refractivity contribution in [2.45, 2.75) is 38.0 Å². The predicted octanol–water partition coefficient (Wildman–Crippen LogP) is 1.58. The van der Waals surface area contributed by atoms with Crippen molar-refractivity contribution in [1.29, 1.82) is 0 Å². The summed E-state index contributed by atoms with van der Waals surface area (Å²) in [5.74, 6) is -3.47. The molecule has 0 radical (unpaired) electrons. The number of rotatable bonds is 11. The molecule has 0 spiro atoms. The van der Waals surface area contributed by atoms with Gasteiger partial charge in [-0.15, -0.1) is 0 Å². The Hall–Kier alpha value is -3.21. The molecule has 35 heavy (non-hydrogen) atoms. The van der Waals surface area contributed by atoms with Crippen LogP contribution in [0.4, 0.5) is 8.78 Å². The Kier molecular flexibility index (Phi) is 8.31. The van der Waals surface area contributed by atoms with Gasteiger partial charge in [0.25, 0.3) is 5.91 Å². The average molecular weight is 491 g/mol. The van der Waals surface area contributed by atoms with E-state index in [9.17, 15) is 33.4 Å². The van der Waals surface area contributed by atoms with E-state index in [1.165, 1.54) is 24.3 Å². The standard InChI is InChI=1S/C25H28F2N2O6/c1-14(2)8-20(22(32)25(12-31)13-35-25)28-24(34)21(11-30)29-23(33)16-5-3-4-15(9-16)18-7-6-17(26)10-19(18)27/h3-7,9-10,14,20-21,30-31H,8,11-13H2,1-2H3,(H,28,34)(H,29,33)/t20-,21-,25+/m0/s1. The van der Waals surface area contributed by atoms with Crippen LogP contribution in [0.2, 0.25) is 0 Å². The highest BCUT2D eigenvalue weighted by Crippen LogP contribution is 2.30. The number of nitrogens with one attached hydrogen (secondary N) is 2. The number of carbonyl (C=O) groups is 3. The Balaban J connectivity index is 1.72. The van der Waals surface area contributed by atoms with Gasteiger partial charge in [-0.05, 0) is 42.2 Å². The van der Waals surface area contributed by atoms with Crippen molar-refractivity contribution < 1.29 is 38.1 Å². The van der Waals surface area contributed by atoms with Crippen LogP contribution < -0.4 is 10.6 Å². The SMILES string of the molecule is CC(C)C[C@H](NC(=O)[C@H](CO)NC(=O)c1cccc(-c2ccc(F)cc2F)c1)C(=O)[C@@]1(CO)CO1. The highest BCUT2D eigenvalue weighted by Gasteiger charge is 2.54. The minimum atomic E-state index is -1.37. The molecule has 0 aromatic heterocycles. The molecule has 1 aliphatic rings. The van der Waals surface area contributed by atoms with Gasteiger partial charge in [0.05, 0.1) is 25.9 Å². The summed E-state index contributed by atoms with van der Waals surface area (Å²) in [5, 5.41) is 24.2. The molecule has 1 heterocycles. The molecule has 0 saturated carbocycles. The third-order valence-electron chi connectivity index (χ3n) is 5.71. The van der Waals surface area contributed by atoms with Crippen LogP contribution in [0.15, 0.2) is 42.5 Å². The van der Waals surface area contributed by atoms with Gasteiger partial charge in [0.15, 0.2) is 11.4 Å². The van der Waals surface area contributed by atoms with Crippen molar-refractivity contribution in [2.24, 2.45) is 5.92 Å². The molecule has 3 rings (SSSR count). The summed E-state index contributed by atoms with van der Waals surface area (Å²) < 4.78 is 32.5. The van der Waals surface area contributed by atoms with E-state index in [2.05, 4.69) is 10.6 Å². The van der Waals surface area contributed by atoms with E-state index in [0.717, 1.165) is 12.1 Å². The molecular weight excluding hydrogens is 462 g/mol. The van der Waals surface area contributed by atoms with Crippen molar-refractivity contribution in [3.05, 3.63) is 59.7 Å². The number of hydrogen-bond donors (Lipinski definition) is 4. The summed E-state index contributed by atoms with van der Waals surface area (Å²) in [5.41, 5.74) is -0.840. The highest BCUT2D eigenvalue weighted by atomic mass is 19.1. The van der Waals surface area contributed by atoms with E-state index in [0.29, 0.717) is 5.56 Å². The first-order valence-corrected chi connectivity index (χ1v) is 11.2. The zero-order chi connectivity index (χ0) is 25.8. The third kappa shape index (κ3) is 6.27. The number of halogens is 2. The second kappa shape index (κ2) is 11.0. The first kappa shape index (κ1) is 26.4. The number of Topliss-reactive ketones (excluding diaryl/α,β-unsaturated/α-hetero) is 1. The number of epoxide rings is 1. The van der Waals surface area contributed by atoms with Crippen LogP contribution >= 0.6 is 0 Å². The van der Waals surface area contributed by atoms with E-state index in [1.54, 1.807) is 6.07 Å². The first-order chi connectivity index (χ1) is 16.6. The number of aliphatic hydroxyl groups is 2. The molecule has 0 aliphatic carbocycles. The lowest BCUT2D eigenvalue weighted by Gasteiger charge is -2.24. The Morgan fingerprint density at radius 3 is 2.34 bits per heavy atom. The van der Waals surface area contributed by atoms with Crippen LogP contribution in [0.5, 0.6) is 0 Å². The van der Waals surface area contributed by atoms with E-state index < -0.39 is 60.1 Å².